The van der Waals surface area contributed by atoms with Gasteiger partial charge in [0.1, 0.15) is 18.1 Å². The number of primary amides is 1. The number of carbonyl (C=O) groups is 5. The van der Waals surface area contributed by atoms with Gasteiger partial charge in [0.25, 0.3) is 0 Å². The fourth-order valence-electron chi connectivity index (χ4n) is 2.96. The van der Waals surface area contributed by atoms with Gasteiger partial charge in [-0.15, -0.1) is 0 Å². The van der Waals surface area contributed by atoms with Crippen LogP contribution in [0.2, 0.25) is 0 Å². The van der Waals surface area contributed by atoms with Gasteiger partial charge in [-0.25, -0.2) is 4.79 Å². The molecule has 4 unspecified atom stereocenters. The summed E-state index contributed by atoms with van der Waals surface area (Å²) >= 11 is 1.44. The summed E-state index contributed by atoms with van der Waals surface area (Å²) in [6.07, 6.45) is 1.86. The van der Waals surface area contributed by atoms with Crippen LogP contribution in [0.4, 0.5) is 0 Å². The first kappa shape index (κ1) is 28.9. The molecule has 1 aromatic rings. The van der Waals surface area contributed by atoms with Crippen molar-refractivity contribution in [1.29, 1.82) is 0 Å². The Bertz CT molecular complexity index is 851. The molecular formula is C22H33N5O6S. The number of thioether (sulfide) groups is 1. The molecular weight excluding hydrogens is 462 g/mol. The Morgan fingerprint density at radius 2 is 1.44 bits per heavy atom. The Hall–Kier alpha value is -3.12. The van der Waals surface area contributed by atoms with Crippen LogP contribution in [0.1, 0.15) is 31.7 Å². The molecule has 0 saturated carbocycles. The van der Waals surface area contributed by atoms with Crippen molar-refractivity contribution in [1.82, 2.24) is 16.0 Å². The minimum atomic E-state index is -1.21. The summed E-state index contributed by atoms with van der Waals surface area (Å²) in [7, 11) is 0. The van der Waals surface area contributed by atoms with Crippen LogP contribution in [0.25, 0.3) is 0 Å². The number of rotatable bonds is 15. The molecule has 1 rings (SSSR count). The molecule has 4 atom stereocenters. The van der Waals surface area contributed by atoms with Gasteiger partial charge in [0.2, 0.25) is 23.6 Å². The molecule has 11 nitrogen and oxygen atoms in total. The highest BCUT2D eigenvalue weighted by atomic mass is 32.2. The van der Waals surface area contributed by atoms with Gasteiger partial charge < -0.3 is 32.5 Å². The Balaban J connectivity index is 2.97. The molecule has 0 radical (unpaired) electrons. The van der Waals surface area contributed by atoms with Crippen LogP contribution in [-0.4, -0.2) is 70.9 Å². The highest BCUT2D eigenvalue weighted by Gasteiger charge is 2.30. The zero-order valence-corrected chi connectivity index (χ0v) is 20.1. The van der Waals surface area contributed by atoms with Crippen molar-refractivity contribution >= 4 is 41.4 Å². The number of hydrogen-bond donors (Lipinski definition) is 6. The summed E-state index contributed by atoms with van der Waals surface area (Å²) in [6, 6.07) is 4.53. The van der Waals surface area contributed by atoms with Gasteiger partial charge in [-0.05, 0) is 37.3 Å². The maximum atomic E-state index is 12.9. The summed E-state index contributed by atoms with van der Waals surface area (Å²) in [4.78, 5) is 60.7. The summed E-state index contributed by atoms with van der Waals surface area (Å²) < 4.78 is 0. The van der Waals surface area contributed by atoms with Gasteiger partial charge in [-0.2, -0.15) is 11.8 Å². The Kier molecular flexibility index (Phi) is 12.7. The number of carboxylic acid groups (broad SMARTS) is 1. The van der Waals surface area contributed by atoms with Gasteiger partial charge in [-0.3, -0.25) is 19.2 Å². The number of carbonyl (C=O) groups excluding carboxylic acids is 4. The van der Waals surface area contributed by atoms with Crippen LogP contribution in [0.15, 0.2) is 30.3 Å². The lowest BCUT2D eigenvalue weighted by Gasteiger charge is -2.25. The van der Waals surface area contributed by atoms with Crippen molar-refractivity contribution in [2.75, 3.05) is 12.0 Å². The molecule has 0 bridgehead atoms. The highest BCUT2D eigenvalue weighted by molar-refractivity contribution is 7.98. The van der Waals surface area contributed by atoms with Crippen molar-refractivity contribution in [3.05, 3.63) is 35.9 Å². The number of aliphatic carboxylic acids is 1. The third-order valence-corrected chi connectivity index (χ3v) is 5.51. The van der Waals surface area contributed by atoms with E-state index in [9.17, 15) is 29.1 Å². The number of carboxylic acids is 1. The third kappa shape index (κ3) is 10.7. The first-order chi connectivity index (χ1) is 16.0. The zero-order chi connectivity index (χ0) is 25.7. The van der Waals surface area contributed by atoms with Crippen LogP contribution in [0.5, 0.6) is 0 Å². The molecule has 0 aliphatic heterocycles. The summed E-state index contributed by atoms with van der Waals surface area (Å²) in [5.41, 5.74) is 11.4. The minimum absolute atomic E-state index is 0.0663. The molecule has 0 aliphatic carbocycles. The Morgan fingerprint density at radius 3 is 1.94 bits per heavy atom. The predicted molar refractivity (Wildman–Crippen MR) is 129 cm³/mol. The molecule has 34 heavy (non-hydrogen) atoms. The minimum Gasteiger partial charge on any atom is -0.480 e. The lowest BCUT2D eigenvalue weighted by molar-refractivity contribution is -0.142. The topological polar surface area (TPSA) is 194 Å². The van der Waals surface area contributed by atoms with Gasteiger partial charge in [0.05, 0.1) is 6.04 Å². The summed E-state index contributed by atoms with van der Waals surface area (Å²) in [5.74, 6) is -3.34. The van der Waals surface area contributed by atoms with Crippen LogP contribution < -0.4 is 27.4 Å². The first-order valence-electron chi connectivity index (χ1n) is 10.8. The van der Waals surface area contributed by atoms with E-state index in [0.717, 1.165) is 5.56 Å². The predicted octanol–water partition coefficient (Wildman–Crippen LogP) is -0.866. The van der Waals surface area contributed by atoms with E-state index in [1.165, 1.54) is 18.7 Å². The highest BCUT2D eigenvalue weighted by Crippen LogP contribution is 2.07. The number of nitrogens with one attached hydrogen (secondary N) is 3. The number of nitrogens with two attached hydrogens (primary N) is 2. The molecule has 8 N–H and O–H groups in total. The zero-order valence-electron chi connectivity index (χ0n) is 19.3. The van der Waals surface area contributed by atoms with E-state index in [4.69, 9.17) is 11.5 Å². The van der Waals surface area contributed by atoms with Crippen LogP contribution in [0.3, 0.4) is 0 Å². The summed E-state index contributed by atoms with van der Waals surface area (Å²) in [6.45, 7) is 1.44. The van der Waals surface area contributed by atoms with Crippen molar-refractivity contribution in [3.63, 3.8) is 0 Å². The molecule has 188 valence electrons. The number of hydrogen-bond acceptors (Lipinski definition) is 7. The quantitative estimate of drug-likeness (QED) is 0.181. The molecule has 0 aromatic heterocycles. The van der Waals surface area contributed by atoms with Crippen LogP contribution in [0, 0.1) is 0 Å². The number of benzene rings is 1. The second kappa shape index (κ2) is 14.9. The Labute approximate surface area is 202 Å². The van der Waals surface area contributed by atoms with E-state index in [0.29, 0.717) is 5.75 Å². The first-order valence-corrected chi connectivity index (χ1v) is 12.1. The molecule has 12 heteroatoms. The van der Waals surface area contributed by atoms with Gasteiger partial charge in [0.15, 0.2) is 0 Å². The lowest BCUT2D eigenvalue weighted by atomic mass is 10.0. The number of amides is 4. The standard InChI is InChI=1S/C22H33N5O6S/c1-13(23)19(29)25-15(8-9-18(24)28)20(30)26-16(10-11-34-2)21(31)27-17(22(32)33)12-14-6-4-3-5-7-14/h3-7,13,15-17H,8-12,23H2,1-2H3,(H2,24,28)(H,25,29)(H,26,30)(H,27,31)(H,32,33). The van der Waals surface area contributed by atoms with Gasteiger partial charge in [-0.1, -0.05) is 30.3 Å². The lowest BCUT2D eigenvalue weighted by Crippen LogP contribution is -2.57. The molecule has 0 fully saturated rings. The Morgan fingerprint density at radius 1 is 0.912 bits per heavy atom. The monoisotopic (exact) mass is 495 g/mol. The van der Waals surface area contributed by atoms with Gasteiger partial charge in [0, 0.05) is 12.8 Å². The van der Waals surface area contributed by atoms with E-state index < -0.39 is 53.8 Å². The second-order valence-electron chi connectivity index (χ2n) is 7.79. The van der Waals surface area contributed by atoms with E-state index >= 15 is 0 Å². The SMILES string of the molecule is CSCCC(NC(=O)C(CCC(N)=O)NC(=O)C(C)N)C(=O)NC(Cc1ccccc1)C(=O)O. The molecule has 4 amide bonds. The largest absolute Gasteiger partial charge is 0.480 e. The average Bonchev–Trinajstić information content (AvgIpc) is 2.78. The fraction of sp³-hybridized carbons (Fsp3) is 0.500. The van der Waals surface area contributed by atoms with E-state index in [-0.39, 0.29) is 25.7 Å². The molecule has 1 aromatic carbocycles. The maximum Gasteiger partial charge on any atom is 0.326 e. The van der Waals surface area contributed by atoms with Crippen molar-refractivity contribution in [3.8, 4) is 0 Å². The molecule has 0 aliphatic rings. The van der Waals surface area contributed by atoms with Crippen molar-refractivity contribution in [2.24, 2.45) is 11.5 Å². The molecule has 0 heterocycles. The van der Waals surface area contributed by atoms with Crippen molar-refractivity contribution < 1.29 is 29.1 Å². The smallest absolute Gasteiger partial charge is 0.326 e. The second-order valence-corrected chi connectivity index (χ2v) is 8.77. The van der Waals surface area contributed by atoms with E-state index in [1.807, 2.05) is 6.26 Å². The molecule has 0 saturated heterocycles. The van der Waals surface area contributed by atoms with Crippen molar-refractivity contribution in [2.45, 2.75) is 56.8 Å². The van der Waals surface area contributed by atoms with E-state index in [1.54, 1.807) is 30.3 Å². The average molecular weight is 496 g/mol. The van der Waals surface area contributed by atoms with Gasteiger partial charge >= 0.3 is 5.97 Å². The molecule has 0 spiro atoms. The summed E-state index contributed by atoms with van der Waals surface area (Å²) in [5, 5.41) is 17.1. The van der Waals surface area contributed by atoms with Crippen LogP contribution in [-0.2, 0) is 30.4 Å². The maximum absolute atomic E-state index is 12.9. The third-order valence-electron chi connectivity index (χ3n) is 4.87. The van der Waals surface area contributed by atoms with E-state index in [2.05, 4.69) is 16.0 Å². The van der Waals surface area contributed by atoms with Crippen LogP contribution >= 0.6 is 11.8 Å². The normalized spacial score (nSPS) is 14.2. The fourth-order valence-corrected chi connectivity index (χ4v) is 3.43.